The molecule has 0 radical (unpaired) electrons. The van der Waals surface area contributed by atoms with Gasteiger partial charge in [-0.15, -0.1) is 0 Å². The first-order valence-electron chi connectivity index (χ1n) is 10.1. The van der Waals surface area contributed by atoms with Gasteiger partial charge in [0.2, 0.25) is 0 Å². The lowest BCUT2D eigenvalue weighted by Gasteiger charge is -2.26. The normalized spacial score (nSPS) is 23.2. The van der Waals surface area contributed by atoms with E-state index in [4.69, 9.17) is 9.47 Å². The second-order valence-corrected chi connectivity index (χ2v) is 7.30. The van der Waals surface area contributed by atoms with E-state index in [0.717, 1.165) is 12.8 Å². The fraction of sp³-hybridized carbons (Fsp3) is 0.348. The first kappa shape index (κ1) is 20.1. The number of ketones is 1. The molecule has 2 atom stereocenters. The van der Waals surface area contributed by atoms with Crippen LogP contribution in [0.5, 0.6) is 5.75 Å². The van der Waals surface area contributed by atoms with Crippen LogP contribution in [0.1, 0.15) is 37.1 Å². The van der Waals surface area contributed by atoms with Gasteiger partial charge in [-0.25, -0.2) is 0 Å². The molecule has 30 heavy (non-hydrogen) atoms. The molecule has 2 aliphatic rings. The van der Waals surface area contributed by atoms with Crippen molar-refractivity contribution in [2.75, 3.05) is 19.8 Å². The molecule has 0 spiro atoms. The summed E-state index contributed by atoms with van der Waals surface area (Å²) in [7, 11) is 0. The SMILES string of the molecule is CCOc1cccc(/C(O)=C2/C(=O)C(=O)N(CC3CCCO3)C2c2ccccn2)c1. The van der Waals surface area contributed by atoms with Gasteiger partial charge in [-0.3, -0.25) is 14.6 Å². The van der Waals surface area contributed by atoms with E-state index in [-0.39, 0.29) is 24.0 Å². The third-order valence-electron chi connectivity index (χ3n) is 5.35. The highest BCUT2D eigenvalue weighted by Gasteiger charge is 2.47. The summed E-state index contributed by atoms with van der Waals surface area (Å²) in [5, 5.41) is 11.1. The van der Waals surface area contributed by atoms with Crippen LogP contribution in [0.25, 0.3) is 5.76 Å². The first-order valence-corrected chi connectivity index (χ1v) is 10.1. The van der Waals surface area contributed by atoms with Crippen molar-refractivity contribution in [1.82, 2.24) is 9.88 Å². The number of hydrogen-bond acceptors (Lipinski definition) is 6. The molecule has 2 fully saturated rings. The molecule has 4 rings (SSSR count). The van der Waals surface area contributed by atoms with Crippen LogP contribution in [0.4, 0.5) is 0 Å². The molecule has 1 aromatic carbocycles. The van der Waals surface area contributed by atoms with Crippen molar-refractivity contribution in [2.45, 2.75) is 31.9 Å². The maximum absolute atomic E-state index is 13.0. The van der Waals surface area contributed by atoms with E-state index < -0.39 is 17.7 Å². The Morgan fingerprint density at radius 1 is 1.27 bits per heavy atom. The van der Waals surface area contributed by atoms with Crippen LogP contribution < -0.4 is 4.74 Å². The molecule has 2 aliphatic heterocycles. The second kappa shape index (κ2) is 8.67. The summed E-state index contributed by atoms with van der Waals surface area (Å²) in [5.74, 6) is -1.03. The second-order valence-electron chi connectivity index (χ2n) is 7.30. The van der Waals surface area contributed by atoms with Crippen molar-refractivity contribution in [1.29, 1.82) is 0 Å². The minimum atomic E-state index is -0.772. The first-order chi connectivity index (χ1) is 14.6. The number of amides is 1. The number of aliphatic hydroxyl groups is 1. The Balaban J connectivity index is 1.79. The molecule has 2 unspecified atom stereocenters. The summed E-state index contributed by atoms with van der Waals surface area (Å²) >= 11 is 0. The van der Waals surface area contributed by atoms with Crippen molar-refractivity contribution in [3.8, 4) is 5.75 Å². The number of carbonyl (C=O) groups excluding carboxylic acids is 2. The van der Waals surface area contributed by atoms with Crippen LogP contribution in [0.3, 0.4) is 0 Å². The smallest absolute Gasteiger partial charge is 0.295 e. The highest BCUT2D eigenvalue weighted by molar-refractivity contribution is 6.46. The molecule has 3 heterocycles. The quantitative estimate of drug-likeness (QED) is 0.449. The van der Waals surface area contributed by atoms with Gasteiger partial charge >= 0.3 is 0 Å². The summed E-state index contributed by atoms with van der Waals surface area (Å²) < 4.78 is 11.2. The van der Waals surface area contributed by atoms with Gasteiger partial charge in [0, 0.05) is 24.9 Å². The molecule has 0 bridgehead atoms. The van der Waals surface area contributed by atoms with E-state index in [1.807, 2.05) is 6.92 Å². The molecular weight excluding hydrogens is 384 g/mol. The van der Waals surface area contributed by atoms with E-state index in [0.29, 0.717) is 30.2 Å². The average Bonchev–Trinajstić information content (AvgIpc) is 3.37. The maximum Gasteiger partial charge on any atom is 0.295 e. The molecule has 156 valence electrons. The molecule has 7 nitrogen and oxygen atoms in total. The average molecular weight is 408 g/mol. The number of aromatic nitrogens is 1. The number of likely N-dealkylation sites (tertiary alicyclic amines) is 1. The topological polar surface area (TPSA) is 89.0 Å². The molecule has 0 saturated carbocycles. The minimum absolute atomic E-state index is 0.0327. The molecule has 7 heteroatoms. The van der Waals surface area contributed by atoms with Crippen molar-refractivity contribution in [3.05, 3.63) is 65.5 Å². The van der Waals surface area contributed by atoms with Crippen LogP contribution in [0.2, 0.25) is 0 Å². The standard InChI is InChI=1S/C23H24N2O5/c1-2-29-16-8-5-7-15(13-16)21(26)19-20(18-10-3-4-11-24-18)25(23(28)22(19)27)14-17-9-6-12-30-17/h3-5,7-8,10-11,13,17,20,26H,2,6,9,12,14H2,1H3/b21-19-. The van der Waals surface area contributed by atoms with Crippen LogP contribution in [0, 0.1) is 0 Å². The summed E-state index contributed by atoms with van der Waals surface area (Å²) in [5.41, 5.74) is 0.972. The molecule has 1 aromatic heterocycles. The van der Waals surface area contributed by atoms with Crippen molar-refractivity contribution >= 4 is 17.4 Å². The van der Waals surface area contributed by atoms with E-state index in [2.05, 4.69) is 4.98 Å². The van der Waals surface area contributed by atoms with E-state index in [1.54, 1.807) is 48.7 Å². The van der Waals surface area contributed by atoms with Gasteiger partial charge in [-0.1, -0.05) is 18.2 Å². The Morgan fingerprint density at radius 2 is 2.13 bits per heavy atom. The lowest BCUT2D eigenvalue weighted by atomic mass is 9.98. The summed E-state index contributed by atoms with van der Waals surface area (Å²) in [6.45, 7) is 3.27. The summed E-state index contributed by atoms with van der Waals surface area (Å²) in [6.07, 6.45) is 3.23. The lowest BCUT2D eigenvalue weighted by Crippen LogP contribution is -2.36. The fourth-order valence-corrected chi connectivity index (χ4v) is 3.98. The predicted octanol–water partition coefficient (Wildman–Crippen LogP) is 3.08. The molecule has 2 saturated heterocycles. The van der Waals surface area contributed by atoms with Gasteiger partial charge in [0.1, 0.15) is 17.6 Å². The van der Waals surface area contributed by atoms with Crippen molar-refractivity contribution < 1.29 is 24.2 Å². The number of hydrogen-bond donors (Lipinski definition) is 1. The van der Waals surface area contributed by atoms with Crippen molar-refractivity contribution in [3.63, 3.8) is 0 Å². The number of rotatable bonds is 6. The third kappa shape index (κ3) is 3.80. The van der Waals surface area contributed by atoms with Crippen LogP contribution in [-0.2, 0) is 14.3 Å². The van der Waals surface area contributed by atoms with Gasteiger partial charge in [0.15, 0.2) is 0 Å². The number of pyridine rings is 1. The Hall–Kier alpha value is -3.19. The maximum atomic E-state index is 13.0. The zero-order valence-corrected chi connectivity index (χ0v) is 16.8. The molecule has 1 N–H and O–H groups in total. The van der Waals surface area contributed by atoms with Gasteiger partial charge in [-0.05, 0) is 44.0 Å². The number of nitrogens with zero attached hydrogens (tertiary/aromatic N) is 2. The van der Waals surface area contributed by atoms with Gasteiger partial charge in [0.25, 0.3) is 11.7 Å². The summed E-state index contributed by atoms with van der Waals surface area (Å²) in [4.78, 5) is 31.7. The third-order valence-corrected chi connectivity index (χ3v) is 5.35. The lowest BCUT2D eigenvalue weighted by molar-refractivity contribution is -0.140. The highest BCUT2D eigenvalue weighted by atomic mass is 16.5. The minimum Gasteiger partial charge on any atom is -0.507 e. The zero-order valence-electron chi connectivity index (χ0n) is 16.8. The molecular formula is C23H24N2O5. The summed E-state index contributed by atoms with van der Waals surface area (Å²) in [6, 6.07) is 11.4. The van der Waals surface area contributed by atoms with Crippen LogP contribution in [-0.4, -0.2) is 52.5 Å². The largest absolute Gasteiger partial charge is 0.507 e. The monoisotopic (exact) mass is 408 g/mol. The van der Waals surface area contributed by atoms with E-state index in [9.17, 15) is 14.7 Å². The Labute approximate surface area is 174 Å². The number of aliphatic hydroxyl groups excluding tert-OH is 1. The molecule has 1 amide bonds. The van der Waals surface area contributed by atoms with Gasteiger partial charge in [-0.2, -0.15) is 0 Å². The van der Waals surface area contributed by atoms with E-state index >= 15 is 0 Å². The zero-order chi connectivity index (χ0) is 21.1. The Bertz CT molecular complexity index is 967. The fourth-order valence-electron chi connectivity index (χ4n) is 3.98. The highest BCUT2D eigenvalue weighted by Crippen LogP contribution is 2.39. The predicted molar refractivity (Wildman–Crippen MR) is 110 cm³/mol. The van der Waals surface area contributed by atoms with Crippen molar-refractivity contribution in [2.24, 2.45) is 0 Å². The van der Waals surface area contributed by atoms with E-state index in [1.165, 1.54) is 4.90 Å². The Morgan fingerprint density at radius 3 is 2.83 bits per heavy atom. The molecule has 2 aromatic rings. The number of ether oxygens (including phenoxy) is 2. The van der Waals surface area contributed by atoms with Crippen LogP contribution in [0.15, 0.2) is 54.2 Å². The Kier molecular flexibility index (Phi) is 5.81. The number of Topliss-reactive ketones (excluding diaryl/α,β-unsaturated/α-hetero) is 1. The van der Waals surface area contributed by atoms with Crippen LogP contribution >= 0.6 is 0 Å². The number of carbonyl (C=O) groups is 2. The van der Waals surface area contributed by atoms with Gasteiger partial charge < -0.3 is 19.5 Å². The molecule has 0 aliphatic carbocycles. The number of benzene rings is 1. The van der Waals surface area contributed by atoms with Gasteiger partial charge in [0.05, 0.1) is 24.0 Å².